The van der Waals surface area contributed by atoms with Gasteiger partial charge in [0.1, 0.15) is 16.8 Å². The second-order valence-corrected chi connectivity index (χ2v) is 8.99. The molecule has 0 unspecified atom stereocenters. The Labute approximate surface area is 177 Å². The molecule has 1 aliphatic rings. The first-order chi connectivity index (χ1) is 14.3. The summed E-state index contributed by atoms with van der Waals surface area (Å²) >= 11 is 3.32. The van der Waals surface area contributed by atoms with Crippen LogP contribution in [0.15, 0.2) is 54.0 Å². The number of nitrogens with zero attached hydrogens (tertiary/aromatic N) is 4. The molecule has 0 N–H and O–H groups in total. The largest absolute Gasteiger partial charge is 0.240 e. The quantitative estimate of drug-likeness (QED) is 0.385. The Morgan fingerprint density at radius 1 is 1.10 bits per heavy atom. The highest BCUT2D eigenvalue weighted by atomic mass is 32.1. The van der Waals surface area contributed by atoms with E-state index in [1.807, 2.05) is 58.7 Å². The van der Waals surface area contributed by atoms with E-state index in [-0.39, 0.29) is 0 Å². The summed E-state index contributed by atoms with van der Waals surface area (Å²) < 4.78 is 1.88. The summed E-state index contributed by atoms with van der Waals surface area (Å²) in [5, 5.41) is 17.6. The van der Waals surface area contributed by atoms with Gasteiger partial charge in [-0.05, 0) is 55.3 Å². The van der Waals surface area contributed by atoms with Crippen LogP contribution in [0.5, 0.6) is 0 Å². The summed E-state index contributed by atoms with van der Waals surface area (Å²) in [6.07, 6.45) is 8.44. The third-order valence-electron chi connectivity index (χ3n) is 5.01. The van der Waals surface area contributed by atoms with Crippen molar-refractivity contribution in [2.75, 3.05) is 0 Å². The zero-order valence-electron chi connectivity index (χ0n) is 15.7. The zero-order valence-corrected chi connectivity index (χ0v) is 17.3. The van der Waals surface area contributed by atoms with Crippen LogP contribution in [-0.4, -0.2) is 14.8 Å². The Morgan fingerprint density at radius 3 is 2.72 bits per heavy atom. The van der Waals surface area contributed by atoms with E-state index in [2.05, 4.69) is 12.1 Å². The number of aromatic nitrogens is 3. The predicted octanol–water partition coefficient (Wildman–Crippen LogP) is 6.00. The van der Waals surface area contributed by atoms with Crippen LogP contribution in [0.25, 0.3) is 27.9 Å². The van der Waals surface area contributed by atoms with Gasteiger partial charge in [-0.3, -0.25) is 0 Å². The van der Waals surface area contributed by atoms with Crippen molar-refractivity contribution in [2.24, 2.45) is 0 Å². The van der Waals surface area contributed by atoms with Gasteiger partial charge in [-0.1, -0.05) is 24.3 Å². The van der Waals surface area contributed by atoms with Crippen LogP contribution < -0.4 is 0 Å². The lowest BCUT2D eigenvalue weighted by Crippen LogP contribution is -1.99. The number of fused-ring (bicyclic) bond motifs is 1. The normalized spacial score (nSPS) is 13.8. The van der Waals surface area contributed by atoms with Crippen LogP contribution in [0, 0.1) is 11.3 Å². The fourth-order valence-electron chi connectivity index (χ4n) is 3.58. The van der Waals surface area contributed by atoms with E-state index in [0.717, 1.165) is 39.7 Å². The van der Waals surface area contributed by atoms with Crippen molar-refractivity contribution in [3.63, 3.8) is 0 Å². The minimum Gasteiger partial charge on any atom is -0.240 e. The minimum absolute atomic E-state index is 0.606. The van der Waals surface area contributed by atoms with Crippen LogP contribution in [0.2, 0.25) is 0 Å². The molecule has 0 spiro atoms. The van der Waals surface area contributed by atoms with Crippen molar-refractivity contribution in [1.29, 1.82) is 5.26 Å². The number of para-hydroxylation sites is 1. The Morgan fingerprint density at radius 2 is 1.97 bits per heavy atom. The molecule has 142 valence electrons. The molecule has 0 saturated carbocycles. The van der Waals surface area contributed by atoms with Crippen molar-refractivity contribution >= 4 is 34.3 Å². The van der Waals surface area contributed by atoms with Gasteiger partial charge in [-0.2, -0.15) is 10.4 Å². The number of rotatable bonds is 4. The van der Waals surface area contributed by atoms with Gasteiger partial charge in [-0.25, -0.2) is 9.67 Å². The molecule has 1 aliphatic carbocycles. The summed E-state index contributed by atoms with van der Waals surface area (Å²) in [4.78, 5) is 7.20. The van der Waals surface area contributed by atoms with Gasteiger partial charge in [0.05, 0.1) is 21.8 Å². The van der Waals surface area contributed by atoms with E-state index < -0.39 is 0 Å². The van der Waals surface area contributed by atoms with Gasteiger partial charge in [0, 0.05) is 16.6 Å². The standard InChI is InChI=1S/C23H18N4S2/c24-14-16(23-25-19-9-4-5-10-20(19)29-23)13-17-15-27(18-7-2-1-3-8-18)26-22(17)21-11-6-12-28-21/h1-3,6-8,11-13,15H,4-5,9-10H2. The third-order valence-corrected chi connectivity index (χ3v) is 7.08. The van der Waals surface area contributed by atoms with Gasteiger partial charge >= 0.3 is 0 Å². The first kappa shape index (κ1) is 18.0. The number of thiazole rings is 1. The van der Waals surface area contributed by atoms with Crippen LogP contribution in [0.1, 0.15) is 34.0 Å². The lowest BCUT2D eigenvalue weighted by molar-refractivity contribution is 0.682. The van der Waals surface area contributed by atoms with Gasteiger partial charge in [0.2, 0.25) is 0 Å². The van der Waals surface area contributed by atoms with Crippen LogP contribution >= 0.6 is 22.7 Å². The number of nitriles is 1. The number of benzene rings is 1. The molecule has 0 radical (unpaired) electrons. The number of aryl methyl sites for hydroxylation is 2. The van der Waals surface area contributed by atoms with E-state index >= 15 is 0 Å². The van der Waals surface area contributed by atoms with E-state index in [9.17, 15) is 5.26 Å². The van der Waals surface area contributed by atoms with E-state index in [1.165, 1.54) is 23.4 Å². The summed E-state index contributed by atoms with van der Waals surface area (Å²) in [6, 6.07) is 16.5. The van der Waals surface area contributed by atoms with E-state index in [1.54, 1.807) is 22.7 Å². The molecule has 0 fully saturated rings. The average molecular weight is 415 g/mol. The lowest BCUT2D eigenvalue weighted by atomic mass is 10.0. The summed E-state index contributed by atoms with van der Waals surface area (Å²) in [5.74, 6) is 0. The smallest absolute Gasteiger partial charge is 0.134 e. The molecule has 6 heteroatoms. The Hall–Kier alpha value is -3.01. The number of hydrogen-bond donors (Lipinski definition) is 0. The lowest BCUT2D eigenvalue weighted by Gasteiger charge is -2.06. The highest BCUT2D eigenvalue weighted by molar-refractivity contribution is 7.13. The molecule has 0 amide bonds. The third kappa shape index (κ3) is 3.55. The first-order valence-electron chi connectivity index (χ1n) is 9.61. The second kappa shape index (κ2) is 7.78. The SMILES string of the molecule is N#CC(=Cc1cn(-c2ccccc2)nc1-c1cccs1)c1nc2c(s1)CCCC2. The van der Waals surface area contributed by atoms with Gasteiger partial charge in [0.15, 0.2) is 0 Å². The van der Waals surface area contributed by atoms with Gasteiger partial charge in [0.25, 0.3) is 0 Å². The second-order valence-electron chi connectivity index (χ2n) is 6.96. The average Bonchev–Trinajstić information content (AvgIpc) is 3.51. The molecule has 3 aromatic heterocycles. The molecule has 0 bridgehead atoms. The Kier molecular flexibility index (Phi) is 4.84. The molecule has 3 heterocycles. The van der Waals surface area contributed by atoms with Crippen LogP contribution in [0.3, 0.4) is 0 Å². The van der Waals surface area contributed by atoms with Crippen molar-refractivity contribution in [3.8, 4) is 22.3 Å². The minimum atomic E-state index is 0.606. The molecule has 5 rings (SSSR count). The van der Waals surface area contributed by atoms with Crippen molar-refractivity contribution in [3.05, 3.63) is 75.2 Å². The Bertz CT molecular complexity index is 1180. The maximum atomic E-state index is 9.87. The fraction of sp³-hybridized carbons (Fsp3) is 0.174. The molecule has 29 heavy (non-hydrogen) atoms. The molecule has 4 aromatic rings. The van der Waals surface area contributed by atoms with E-state index in [0.29, 0.717) is 5.57 Å². The fourth-order valence-corrected chi connectivity index (χ4v) is 5.42. The molecule has 1 aromatic carbocycles. The highest BCUT2D eigenvalue weighted by Gasteiger charge is 2.19. The van der Waals surface area contributed by atoms with E-state index in [4.69, 9.17) is 10.1 Å². The maximum absolute atomic E-state index is 9.87. The monoisotopic (exact) mass is 414 g/mol. The molecule has 0 saturated heterocycles. The van der Waals surface area contributed by atoms with Crippen molar-refractivity contribution in [2.45, 2.75) is 25.7 Å². The topological polar surface area (TPSA) is 54.5 Å². The maximum Gasteiger partial charge on any atom is 0.134 e. The zero-order chi connectivity index (χ0) is 19.6. The van der Waals surface area contributed by atoms with Gasteiger partial charge in [-0.15, -0.1) is 22.7 Å². The molecular weight excluding hydrogens is 396 g/mol. The summed E-state index contributed by atoms with van der Waals surface area (Å²) in [6.45, 7) is 0. The number of allylic oxidation sites excluding steroid dienone is 1. The number of hydrogen-bond acceptors (Lipinski definition) is 5. The molecule has 0 atom stereocenters. The molecular formula is C23H18N4S2. The molecule has 4 nitrogen and oxygen atoms in total. The van der Waals surface area contributed by atoms with Crippen LogP contribution in [-0.2, 0) is 12.8 Å². The van der Waals surface area contributed by atoms with Gasteiger partial charge < -0.3 is 0 Å². The molecule has 0 aliphatic heterocycles. The van der Waals surface area contributed by atoms with Crippen molar-refractivity contribution in [1.82, 2.24) is 14.8 Å². The predicted molar refractivity (Wildman–Crippen MR) is 119 cm³/mol. The summed E-state index contributed by atoms with van der Waals surface area (Å²) in [5.41, 5.74) is 4.60. The Balaban J connectivity index is 1.61. The number of thiophene rings is 1. The van der Waals surface area contributed by atoms with Crippen LogP contribution in [0.4, 0.5) is 0 Å². The van der Waals surface area contributed by atoms with Crippen molar-refractivity contribution < 1.29 is 0 Å². The first-order valence-corrected chi connectivity index (χ1v) is 11.3. The summed E-state index contributed by atoms with van der Waals surface area (Å²) in [7, 11) is 0. The highest BCUT2D eigenvalue weighted by Crippen LogP contribution is 2.33.